The lowest BCUT2D eigenvalue weighted by Gasteiger charge is -2.46. The monoisotopic (exact) mass is 517 g/mol. The summed E-state index contributed by atoms with van der Waals surface area (Å²) in [6.45, 7) is 11.4. The molecule has 0 aromatic heterocycles. The Bertz CT molecular complexity index is 951. The van der Waals surface area contributed by atoms with Crippen molar-refractivity contribution in [1.29, 1.82) is 0 Å². The van der Waals surface area contributed by atoms with Gasteiger partial charge in [0.15, 0.2) is 6.29 Å². The van der Waals surface area contributed by atoms with Gasteiger partial charge in [0, 0.05) is 0 Å². The summed E-state index contributed by atoms with van der Waals surface area (Å²) in [5.41, 5.74) is -0.764. The first-order valence-corrected chi connectivity index (χ1v) is 14.1. The molecule has 0 aliphatic carbocycles. The number of hydrogen-bond donors (Lipinski definition) is 4. The minimum absolute atomic E-state index is 0.0677. The summed E-state index contributed by atoms with van der Waals surface area (Å²) in [5, 5.41) is 36.4. The van der Waals surface area contributed by atoms with Crippen molar-refractivity contribution in [2.45, 2.75) is 82.8 Å². The van der Waals surface area contributed by atoms with Crippen molar-refractivity contribution >= 4 is 24.8 Å². The van der Waals surface area contributed by atoms with E-state index in [1.807, 2.05) is 60.7 Å². The van der Waals surface area contributed by atoms with Gasteiger partial charge >= 0.3 is 6.09 Å². The van der Waals surface area contributed by atoms with E-state index in [0.29, 0.717) is 0 Å². The van der Waals surface area contributed by atoms with E-state index in [1.165, 1.54) is 0 Å². The summed E-state index contributed by atoms with van der Waals surface area (Å²) in [4.78, 5) is 12.2. The van der Waals surface area contributed by atoms with Crippen LogP contribution in [0.15, 0.2) is 60.7 Å². The van der Waals surface area contributed by atoms with E-state index < -0.39 is 50.7 Å². The van der Waals surface area contributed by atoms with Gasteiger partial charge in [-0.05, 0) is 36.2 Å². The molecule has 36 heavy (non-hydrogen) atoms. The third kappa shape index (κ3) is 6.16. The SMILES string of the molecule is CC(C)(C)OC(=O)N[C@H]1C(O)O[C@H](CO[Si](c2ccccc2)(c2ccccc2)C(C)(C)C)[C@@H](O)[C@@H]1O. The van der Waals surface area contributed by atoms with Crippen LogP contribution < -0.4 is 15.7 Å². The largest absolute Gasteiger partial charge is 0.444 e. The van der Waals surface area contributed by atoms with Crippen molar-refractivity contribution in [2.75, 3.05) is 6.61 Å². The van der Waals surface area contributed by atoms with E-state index in [2.05, 4.69) is 26.1 Å². The van der Waals surface area contributed by atoms with E-state index in [1.54, 1.807) is 20.8 Å². The van der Waals surface area contributed by atoms with Gasteiger partial charge in [0.2, 0.25) is 0 Å². The van der Waals surface area contributed by atoms with Crippen molar-refractivity contribution in [3.63, 3.8) is 0 Å². The maximum atomic E-state index is 12.2. The van der Waals surface area contributed by atoms with Gasteiger partial charge in [-0.1, -0.05) is 81.4 Å². The topological polar surface area (TPSA) is 117 Å². The average molecular weight is 518 g/mol. The number of aliphatic hydroxyl groups is 3. The van der Waals surface area contributed by atoms with Crippen LogP contribution in [0.5, 0.6) is 0 Å². The average Bonchev–Trinajstić information content (AvgIpc) is 2.79. The molecule has 0 radical (unpaired) electrons. The summed E-state index contributed by atoms with van der Waals surface area (Å²) >= 11 is 0. The molecule has 198 valence electrons. The van der Waals surface area contributed by atoms with Crippen LogP contribution in [0, 0.1) is 0 Å². The summed E-state index contributed by atoms with van der Waals surface area (Å²) < 4.78 is 17.6. The van der Waals surface area contributed by atoms with Gasteiger partial charge in [-0.15, -0.1) is 0 Å². The smallest absolute Gasteiger partial charge is 0.408 e. The summed E-state index contributed by atoms with van der Waals surface area (Å²) in [5.74, 6) is 0. The maximum Gasteiger partial charge on any atom is 0.408 e. The number of nitrogens with one attached hydrogen (secondary N) is 1. The molecule has 5 atom stereocenters. The Morgan fingerprint density at radius 1 is 0.889 bits per heavy atom. The molecule has 1 aliphatic heterocycles. The van der Waals surface area contributed by atoms with Crippen molar-refractivity contribution in [3.05, 3.63) is 60.7 Å². The molecular formula is C27H39NO7Si. The van der Waals surface area contributed by atoms with E-state index in [-0.39, 0.29) is 11.6 Å². The molecule has 0 saturated carbocycles. The van der Waals surface area contributed by atoms with Gasteiger partial charge in [0.1, 0.15) is 30.0 Å². The lowest BCUT2D eigenvalue weighted by Crippen LogP contribution is -2.69. The molecule has 9 heteroatoms. The first-order chi connectivity index (χ1) is 16.8. The summed E-state index contributed by atoms with van der Waals surface area (Å²) in [6, 6.07) is 18.7. The Kier molecular flexibility index (Phi) is 8.65. The third-order valence-electron chi connectivity index (χ3n) is 6.28. The Morgan fingerprint density at radius 3 is 1.83 bits per heavy atom. The number of alkyl carbamates (subject to hydrolysis) is 1. The highest BCUT2D eigenvalue weighted by molar-refractivity contribution is 6.99. The lowest BCUT2D eigenvalue weighted by molar-refractivity contribution is -0.252. The first kappa shape index (κ1) is 28.3. The molecular weight excluding hydrogens is 478 g/mol. The van der Waals surface area contributed by atoms with Crippen LogP contribution >= 0.6 is 0 Å². The predicted molar refractivity (Wildman–Crippen MR) is 140 cm³/mol. The molecule has 2 aromatic carbocycles. The molecule has 1 heterocycles. The molecule has 1 fully saturated rings. The molecule has 8 nitrogen and oxygen atoms in total. The van der Waals surface area contributed by atoms with Crippen LogP contribution in [0.1, 0.15) is 41.5 Å². The van der Waals surface area contributed by atoms with Gasteiger partial charge in [0.05, 0.1) is 6.61 Å². The second-order valence-corrected chi connectivity index (χ2v) is 15.5. The summed E-state index contributed by atoms with van der Waals surface area (Å²) in [7, 11) is -2.92. The number of ether oxygens (including phenoxy) is 2. The van der Waals surface area contributed by atoms with E-state index >= 15 is 0 Å². The number of carbonyl (C=O) groups is 1. The second-order valence-electron chi connectivity index (χ2n) is 11.2. The fourth-order valence-electron chi connectivity index (χ4n) is 4.65. The number of amides is 1. The minimum atomic E-state index is -2.92. The molecule has 1 saturated heterocycles. The van der Waals surface area contributed by atoms with E-state index in [9.17, 15) is 20.1 Å². The maximum absolute atomic E-state index is 12.2. The predicted octanol–water partition coefficient (Wildman–Crippen LogP) is 1.90. The van der Waals surface area contributed by atoms with Gasteiger partial charge < -0.3 is 34.5 Å². The normalized spacial score (nSPS) is 25.3. The number of aliphatic hydroxyl groups excluding tert-OH is 3. The van der Waals surface area contributed by atoms with Crippen molar-refractivity contribution in [2.24, 2.45) is 0 Å². The third-order valence-corrected chi connectivity index (χ3v) is 11.3. The Balaban J connectivity index is 1.85. The minimum Gasteiger partial charge on any atom is -0.444 e. The highest BCUT2D eigenvalue weighted by Crippen LogP contribution is 2.37. The zero-order chi connectivity index (χ0) is 26.7. The van der Waals surface area contributed by atoms with Gasteiger partial charge in [-0.25, -0.2) is 4.79 Å². The van der Waals surface area contributed by atoms with Gasteiger partial charge in [-0.2, -0.15) is 0 Å². The molecule has 1 aliphatic rings. The Hall–Kier alpha value is -2.27. The zero-order valence-corrected chi connectivity index (χ0v) is 22.8. The first-order valence-electron chi connectivity index (χ1n) is 12.2. The Morgan fingerprint density at radius 2 is 1.39 bits per heavy atom. The molecule has 0 bridgehead atoms. The fraction of sp³-hybridized carbons (Fsp3) is 0.519. The number of rotatable bonds is 6. The molecule has 4 N–H and O–H groups in total. The van der Waals surface area contributed by atoms with E-state index in [0.717, 1.165) is 10.4 Å². The van der Waals surface area contributed by atoms with Crippen molar-refractivity contribution in [1.82, 2.24) is 5.32 Å². The van der Waals surface area contributed by atoms with Crippen LogP contribution in [0.2, 0.25) is 5.04 Å². The Labute approximate surface area is 214 Å². The van der Waals surface area contributed by atoms with Gasteiger partial charge in [-0.3, -0.25) is 0 Å². The lowest BCUT2D eigenvalue weighted by atomic mass is 9.97. The number of carbonyl (C=O) groups excluding carboxylic acids is 1. The van der Waals surface area contributed by atoms with Crippen LogP contribution in [-0.2, 0) is 13.9 Å². The van der Waals surface area contributed by atoms with Crippen LogP contribution in [-0.4, -0.2) is 72.6 Å². The number of hydrogen-bond acceptors (Lipinski definition) is 7. The van der Waals surface area contributed by atoms with Crippen LogP contribution in [0.4, 0.5) is 4.79 Å². The van der Waals surface area contributed by atoms with Gasteiger partial charge in [0.25, 0.3) is 8.32 Å². The van der Waals surface area contributed by atoms with Crippen molar-refractivity contribution < 1.29 is 34.0 Å². The van der Waals surface area contributed by atoms with Crippen LogP contribution in [0.25, 0.3) is 0 Å². The number of benzene rings is 2. The summed E-state index contributed by atoms with van der Waals surface area (Å²) in [6.07, 6.45) is -6.32. The second kappa shape index (κ2) is 11.0. The molecule has 0 spiro atoms. The molecule has 1 amide bonds. The standard InChI is InChI=1S/C27H39NO7Si/c1-26(2,3)35-25(32)28-21-23(30)22(29)20(34-24(21)31)17-33-36(27(4,5)6,18-13-9-7-10-14-18)19-15-11-8-12-16-19/h7-16,20-24,29-31H,17H2,1-6H3,(H,28,32)/t20-,21-,22-,23-,24?/m1/s1. The molecule has 3 rings (SSSR count). The molecule has 2 aromatic rings. The zero-order valence-electron chi connectivity index (χ0n) is 21.8. The molecule has 1 unspecified atom stereocenters. The van der Waals surface area contributed by atoms with Crippen LogP contribution in [0.3, 0.4) is 0 Å². The highest BCUT2D eigenvalue weighted by Gasteiger charge is 2.52. The highest BCUT2D eigenvalue weighted by atomic mass is 28.4. The van der Waals surface area contributed by atoms with Crippen molar-refractivity contribution in [3.8, 4) is 0 Å². The quantitative estimate of drug-likeness (QED) is 0.432. The van der Waals surface area contributed by atoms with E-state index in [4.69, 9.17) is 13.9 Å². The fourth-order valence-corrected chi connectivity index (χ4v) is 9.22.